The van der Waals surface area contributed by atoms with Gasteiger partial charge in [0, 0.05) is 19.3 Å². The summed E-state index contributed by atoms with van der Waals surface area (Å²) in [7, 11) is 1.79. The number of anilines is 1. The normalized spacial score (nSPS) is 15.5. The number of aromatic nitrogens is 1. The highest BCUT2D eigenvalue weighted by Gasteiger charge is 2.24. The minimum Gasteiger partial charge on any atom is -0.489 e. The molecule has 0 radical (unpaired) electrons. The van der Waals surface area contributed by atoms with Gasteiger partial charge in [-0.2, -0.15) is 0 Å². The van der Waals surface area contributed by atoms with Crippen molar-refractivity contribution in [2.75, 3.05) is 12.4 Å². The summed E-state index contributed by atoms with van der Waals surface area (Å²) < 4.78 is 5.59. The van der Waals surface area contributed by atoms with Crippen molar-refractivity contribution in [3.8, 4) is 5.75 Å². The van der Waals surface area contributed by atoms with Gasteiger partial charge in [-0.3, -0.25) is 0 Å². The van der Waals surface area contributed by atoms with Crippen LogP contribution in [0, 0.1) is 0 Å². The first kappa shape index (κ1) is 8.63. The highest BCUT2D eigenvalue weighted by Crippen LogP contribution is 2.34. The van der Waals surface area contributed by atoms with Crippen molar-refractivity contribution < 1.29 is 4.74 Å². The molecule has 1 aliphatic carbocycles. The molecule has 1 heterocycles. The molecule has 1 saturated carbocycles. The van der Waals surface area contributed by atoms with E-state index in [0.29, 0.717) is 16.9 Å². The van der Waals surface area contributed by atoms with Gasteiger partial charge in [-0.05, 0) is 12.8 Å². The molecule has 0 spiro atoms. The topological polar surface area (TPSA) is 34.2 Å². The third kappa shape index (κ3) is 1.86. The van der Waals surface area contributed by atoms with E-state index in [0.717, 1.165) is 18.6 Å². The van der Waals surface area contributed by atoms with E-state index < -0.39 is 0 Å². The van der Waals surface area contributed by atoms with E-state index in [9.17, 15) is 0 Å². The number of halogens is 1. The first-order chi connectivity index (χ1) is 6.31. The van der Waals surface area contributed by atoms with E-state index in [1.54, 1.807) is 19.3 Å². The smallest absolute Gasteiger partial charge is 0.148 e. The fraction of sp³-hybridized carbons (Fsp3) is 0.444. The third-order valence-corrected chi connectivity index (χ3v) is 2.27. The Morgan fingerprint density at radius 3 is 3.00 bits per heavy atom. The van der Waals surface area contributed by atoms with Crippen molar-refractivity contribution in [3.05, 3.63) is 17.3 Å². The van der Waals surface area contributed by atoms with Crippen LogP contribution in [0.5, 0.6) is 5.75 Å². The molecule has 1 N–H and O–H groups in total. The standard InChI is InChI=1S/C9H11ClN2O/c1-11-9-8(10)7(4-5-12-9)13-6-2-3-6/h4-6H,2-3H2,1H3,(H,11,12). The average Bonchev–Trinajstić information content (AvgIpc) is 2.92. The average molecular weight is 199 g/mol. The second-order valence-corrected chi connectivity index (χ2v) is 3.42. The van der Waals surface area contributed by atoms with Crippen LogP contribution in [0.2, 0.25) is 5.02 Å². The molecule has 0 amide bonds. The molecule has 1 aromatic rings. The summed E-state index contributed by atoms with van der Waals surface area (Å²) >= 11 is 6.03. The monoisotopic (exact) mass is 198 g/mol. The van der Waals surface area contributed by atoms with E-state index in [1.807, 2.05) is 0 Å². The SMILES string of the molecule is CNc1nccc(OC2CC2)c1Cl. The zero-order valence-corrected chi connectivity index (χ0v) is 8.14. The Morgan fingerprint density at radius 1 is 1.62 bits per heavy atom. The predicted molar refractivity (Wildman–Crippen MR) is 52.4 cm³/mol. The van der Waals surface area contributed by atoms with Gasteiger partial charge < -0.3 is 10.1 Å². The van der Waals surface area contributed by atoms with Gasteiger partial charge in [0.1, 0.15) is 16.6 Å². The van der Waals surface area contributed by atoms with Crippen molar-refractivity contribution >= 4 is 17.4 Å². The van der Waals surface area contributed by atoms with E-state index >= 15 is 0 Å². The molecule has 0 atom stereocenters. The highest BCUT2D eigenvalue weighted by molar-refractivity contribution is 6.34. The first-order valence-corrected chi connectivity index (χ1v) is 4.68. The Hall–Kier alpha value is -0.960. The lowest BCUT2D eigenvalue weighted by molar-refractivity contribution is 0.303. The van der Waals surface area contributed by atoms with Gasteiger partial charge in [0.15, 0.2) is 0 Å². The minimum absolute atomic E-state index is 0.365. The molecule has 70 valence electrons. The summed E-state index contributed by atoms with van der Waals surface area (Å²) in [5.74, 6) is 1.39. The Morgan fingerprint density at radius 2 is 2.38 bits per heavy atom. The predicted octanol–water partition coefficient (Wildman–Crippen LogP) is 2.32. The van der Waals surface area contributed by atoms with E-state index in [2.05, 4.69) is 10.3 Å². The number of rotatable bonds is 3. The Balaban J connectivity index is 2.22. The summed E-state index contributed by atoms with van der Waals surface area (Å²) in [4.78, 5) is 4.06. The number of hydrogen-bond donors (Lipinski definition) is 1. The number of nitrogens with one attached hydrogen (secondary N) is 1. The largest absolute Gasteiger partial charge is 0.489 e. The minimum atomic E-state index is 0.365. The molecular formula is C9H11ClN2O. The van der Waals surface area contributed by atoms with Crippen LogP contribution in [-0.4, -0.2) is 18.1 Å². The van der Waals surface area contributed by atoms with Crippen LogP contribution in [0.15, 0.2) is 12.3 Å². The van der Waals surface area contributed by atoms with Crippen molar-refractivity contribution in [1.82, 2.24) is 4.98 Å². The molecule has 1 aromatic heterocycles. The quantitative estimate of drug-likeness (QED) is 0.810. The van der Waals surface area contributed by atoms with Gasteiger partial charge >= 0.3 is 0 Å². The maximum Gasteiger partial charge on any atom is 0.148 e. The second kappa shape index (κ2) is 3.42. The van der Waals surface area contributed by atoms with Crippen LogP contribution < -0.4 is 10.1 Å². The molecule has 0 bridgehead atoms. The van der Waals surface area contributed by atoms with Gasteiger partial charge in [0.05, 0.1) is 6.10 Å². The first-order valence-electron chi connectivity index (χ1n) is 4.30. The number of nitrogens with zero attached hydrogens (tertiary/aromatic N) is 1. The molecule has 4 heteroatoms. The van der Waals surface area contributed by atoms with E-state index in [4.69, 9.17) is 16.3 Å². The summed E-state index contributed by atoms with van der Waals surface area (Å²) in [6.07, 6.45) is 4.32. The zero-order chi connectivity index (χ0) is 9.26. The van der Waals surface area contributed by atoms with Crippen LogP contribution in [-0.2, 0) is 0 Å². The fourth-order valence-electron chi connectivity index (χ4n) is 1.06. The van der Waals surface area contributed by atoms with Gasteiger partial charge in [-0.1, -0.05) is 11.6 Å². The van der Waals surface area contributed by atoms with Crippen molar-refractivity contribution in [2.45, 2.75) is 18.9 Å². The van der Waals surface area contributed by atoms with Crippen LogP contribution >= 0.6 is 11.6 Å². The second-order valence-electron chi connectivity index (χ2n) is 3.04. The summed E-state index contributed by atoms with van der Waals surface area (Å²) in [6, 6.07) is 1.79. The van der Waals surface area contributed by atoms with E-state index in [-0.39, 0.29) is 0 Å². The molecular weight excluding hydrogens is 188 g/mol. The Bertz CT molecular complexity index is 312. The molecule has 1 fully saturated rings. The molecule has 2 rings (SSSR count). The van der Waals surface area contributed by atoms with Gasteiger partial charge in [0.2, 0.25) is 0 Å². The number of ether oxygens (including phenoxy) is 1. The Kier molecular flexibility index (Phi) is 2.27. The fourth-order valence-corrected chi connectivity index (χ4v) is 1.31. The number of hydrogen-bond acceptors (Lipinski definition) is 3. The van der Waals surface area contributed by atoms with Crippen molar-refractivity contribution in [1.29, 1.82) is 0 Å². The molecule has 0 saturated heterocycles. The van der Waals surface area contributed by atoms with Gasteiger partial charge in [-0.15, -0.1) is 0 Å². The van der Waals surface area contributed by atoms with E-state index in [1.165, 1.54) is 0 Å². The molecule has 0 unspecified atom stereocenters. The third-order valence-electron chi connectivity index (χ3n) is 1.91. The summed E-state index contributed by atoms with van der Waals surface area (Å²) in [6.45, 7) is 0. The zero-order valence-electron chi connectivity index (χ0n) is 7.38. The van der Waals surface area contributed by atoms with Crippen LogP contribution in [0.4, 0.5) is 5.82 Å². The highest BCUT2D eigenvalue weighted by atomic mass is 35.5. The lowest BCUT2D eigenvalue weighted by Gasteiger charge is -2.08. The van der Waals surface area contributed by atoms with Crippen LogP contribution in [0.25, 0.3) is 0 Å². The van der Waals surface area contributed by atoms with Crippen molar-refractivity contribution in [3.63, 3.8) is 0 Å². The molecule has 3 nitrogen and oxygen atoms in total. The van der Waals surface area contributed by atoms with Crippen LogP contribution in [0.3, 0.4) is 0 Å². The maximum atomic E-state index is 6.03. The maximum absolute atomic E-state index is 6.03. The molecule has 0 aliphatic heterocycles. The van der Waals surface area contributed by atoms with Gasteiger partial charge in [0.25, 0.3) is 0 Å². The van der Waals surface area contributed by atoms with Crippen LogP contribution in [0.1, 0.15) is 12.8 Å². The van der Waals surface area contributed by atoms with Gasteiger partial charge in [-0.25, -0.2) is 4.98 Å². The van der Waals surface area contributed by atoms with Crippen molar-refractivity contribution in [2.24, 2.45) is 0 Å². The Labute approximate surface area is 82.1 Å². The molecule has 0 aromatic carbocycles. The molecule has 1 aliphatic rings. The number of pyridine rings is 1. The molecule has 13 heavy (non-hydrogen) atoms. The lowest BCUT2D eigenvalue weighted by atomic mass is 10.4. The summed E-state index contributed by atoms with van der Waals surface area (Å²) in [5, 5.41) is 3.47. The summed E-state index contributed by atoms with van der Waals surface area (Å²) in [5.41, 5.74) is 0. The lowest BCUT2D eigenvalue weighted by Crippen LogP contribution is -1.99.